The van der Waals surface area contributed by atoms with Gasteiger partial charge in [-0.15, -0.1) is 0 Å². The van der Waals surface area contributed by atoms with Crippen molar-refractivity contribution in [2.45, 2.75) is 32.1 Å². The number of benzene rings is 3. The number of thioether (sulfide) groups is 1. The number of aliphatic imine (C=N–C) groups is 1. The van der Waals surface area contributed by atoms with Gasteiger partial charge in [0.2, 0.25) is 18.6 Å². The summed E-state index contributed by atoms with van der Waals surface area (Å²) in [5, 5.41) is 2.39. The van der Waals surface area contributed by atoms with E-state index in [2.05, 4.69) is 5.32 Å². The number of anilines is 1. The summed E-state index contributed by atoms with van der Waals surface area (Å²) in [6.45, 7) is 4.31. The fourth-order valence-corrected chi connectivity index (χ4v) is 5.44. The smallest absolute Gasteiger partial charge is 0.338 e. The summed E-state index contributed by atoms with van der Waals surface area (Å²) in [6.07, 6.45) is -0.0528. The molecule has 0 spiro atoms. The SMILES string of the molecule is CCOC(=O)c1ccc(N=C2SC(C(=O)Nc3ccc(C(=O)OCC)cc3)CC(=O)N2Cc2ccc3c(c2)OCO3)cc1. The molecule has 12 heteroatoms. The molecule has 3 aromatic carbocycles. The van der Waals surface area contributed by atoms with Gasteiger partial charge in [0.05, 0.1) is 36.6 Å². The van der Waals surface area contributed by atoms with Crippen molar-refractivity contribution in [2.24, 2.45) is 4.99 Å². The maximum absolute atomic E-state index is 13.5. The zero-order chi connectivity index (χ0) is 30.3. The van der Waals surface area contributed by atoms with Gasteiger partial charge in [-0.05, 0) is 80.1 Å². The Labute approximate surface area is 252 Å². The number of nitrogens with one attached hydrogen (secondary N) is 1. The third-order valence-electron chi connectivity index (χ3n) is 6.48. The Balaban J connectivity index is 1.37. The molecule has 43 heavy (non-hydrogen) atoms. The molecular weight excluding hydrogens is 574 g/mol. The maximum Gasteiger partial charge on any atom is 0.338 e. The maximum atomic E-state index is 13.5. The number of amidine groups is 1. The lowest BCUT2D eigenvalue weighted by molar-refractivity contribution is -0.129. The summed E-state index contributed by atoms with van der Waals surface area (Å²) in [4.78, 5) is 57.0. The van der Waals surface area contributed by atoms with Gasteiger partial charge in [0, 0.05) is 12.1 Å². The average molecular weight is 604 g/mol. The number of fused-ring (bicyclic) bond motifs is 1. The molecule has 1 N–H and O–H groups in total. The zero-order valence-corrected chi connectivity index (χ0v) is 24.3. The van der Waals surface area contributed by atoms with Gasteiger partial charge < -0.3 is 24.3 Å². The largest absolute Gasteiger partial charge is 0.462 e. The molecule has 1 unspecified atom stereocenters. The van der Waals surface area contributed by atoms with Crippen LogP contribution in [0.4, 0.5) is 11.4 Å². The summed E-state index contributed by atoms with van der Waals surface area (Å²) in [5.74, 6) is -0.334. The average Bonchev–Trinajstić information content (AvgIpc) is 3.48. The summed E-state index contributed by atoms with van der Waals surface area (Å²) in [7, 11) is 0. The first-order chi connectivity index (χ1) is 20.8. The Morgan fingerprint density at radius 1 is 0.907 bits per heavy atom. The number of amides is 2. The van der Waals surface area contributed by atoms with Gasteiger partial charge >= 0.3 is 11.9 Å². The molecule has 2 heterocycles. The van der Waals surface area contributed by atoms with E-state index in [4.69, 9.17) is 23.9 Å². The van der Waals surface area contributed by atoms with Gasteiger partial charge in [-0.2, -0.15) is 0 Å². The number of rotatable bonds is 9. The van der Waals surface area contributed by atoms with E-state index < -0.39 is 17.2 Å². The molecule has 222 valence electrons. The van der Waals surface area contributed by atoms with Gasteiger partial charge in [0.1, 0.15) is 5.25 Å². The molecule has 5 rings (SSSR count). The van der Waals surface area contributed by atoms with Crippen LogP contribution in [0.3, 0.4) is 0 Å². The molecule has 1 fully saturated rings. The standard InChI is InChI=1S/C31H29N3O8S/c1-3-39-29(37)20-6-10-22(11-7-20)32-28(36)26-16-27(35)34(17-19-5-14-24-25(15-19)42-18-41-24)31(43-26)33-23-12-8-21(9-13-23)30(38)40-4-2/h5-15,26H,3-4,16-18H2,1-2H3,(H,32,36). The summed E-state index contributed by atoms with van der Waals surface area (Å²) < 4.78 is 20.9. The molecule has 0 aromatic heterocycles. The first-order valence-electron chi connectivity index (χ1n) is 13.6. The van der Waals surface area contributed by atoms with Crippen molar-refractivity contribution in [3.63, 3.8) is 0 Å². The van der Waals surface area contributed by atoms with Gasteiger partial charge in [0.25, 0.3) is 0 Å². The number of carbonyl (C=O) groups excluding carboxylic acids is 4. The van der Waals surface area contributed by atoms with Crippen LogP contribution in [-0.4, -0.2) is 59.1 Å². The fourth-order valence-electron chi connectivity index (χ4n) is 4.34. The van der Waals surface area contributed by atoms with Crippen molar-refractivity contribution in [2.75, 3.05) is 25.3 Å². The number of carbonyl (C=O) groups is 4. The highest BCUT2D eigenvalue weighted by Crippen LogP contribution is 2.35. The molecule has 3 aromatic rings. The lowest BCUT2D eigenvalue weighted by Gasteiger charge is -2.32. The normalized spacial score (nSPS) is 16.6. The Bertz CT molecular complexity index is 1560. The van der Waals surface area contributed by atoms with Crippen molar-refractivity contribution in [1.82, 2.24) is 4.90 Å². The second kappa shape index (κ2) is 13.4. The molecule has 0 radical (unpaired) electrons. The van der Waals surface area contributed by atoms with E-state index in [1.54, 1.807) is 68.4 Å². The van der Waals surface area contributed by atoms with E-state index in [1.807, 2.05) is 12.1 Å². The van der Waals surface area contributed by atoms with Crippen LogP contribution in [-0.2, 0) is 25.6 Å². The summed E-state index contributed by atoms with van der Waals surface area (Å²) in [5.41, 5.74) is 2.51. The van der Waals surface area contributed by atoms with Gasteiger partial charge in [-0.3, -0.25) is 14.5 Å². The number of nitrogens with zero attached hydrogens (tertiary/aromatic N) is 2. The molecule has 2 aliphatic heterocycles. The van der Waals surface area contributed by atoms with E-state index >= 15 is 0 Å². The minimum absolute atomic E-state index is 0.0528. The Morgan fingerprint density at radius 2 is 1.53 bits per heavy atom. The predicted molar refractivity (Wildman–Crippen MR) is 160 cm³/mol. The third-order valence-corrected chi connectivity index (χ3v) is 7.66. The van der Waals surface area contributed by atoms with Crippen molar-refractivity contribution in [3.05, 3.63) is 83.4 Å². The van der Waals surface area contributed by atoms with E-state index in [1.165, 1.54) is 4.90 Å². The second-order valence-electron chi connectivity index (χ2n) is 9.43. The molecular formula is C31H29N3O8S. The van der Waals surface area contributed by atoms with Gasteiger partial charge in [-0.25, -0.2) is 14.6 Å². The number of hydrogen-bond acceptors (Lipinski definition) is 10. The number of ether oxygens (including phenoxy) is 4. The molecule has 0 aliphatic carbocycles. The minimum Gasteiger partial charge on any atom is -0.462 e. The lowest BCUT2D eigenvalue weighted by Crippen LogP contribution is -2.44. The van der Waals surface area contributed by atoms with E-state index in [0.29, 0.717) is 39.2 Å². The molecule has 1 saturated heterocycles. The number of esters is 2. The third kappa shape index (κ3) is 7.15. The van der Waals surface area contributed by atoms with E-state index in [-0.39, 0.29) is 44.8 Å². The fraction of sp³-hybridized carbons (Fsp3) is 0.258. The second-order valence-corrected chi connectivity index (χ2v) is 10.6. The summed E-state index contributed by atoms with van der Waals surface area (Å²) in [6, 6.07) is 18.3. The van der Waals surface area contributed by atoms with Crippen LogP contribution < -0.4 is 14.8 Å². The molecule has 2 aliphatic rings. The van der Waals surface area contributed by atoms with E-state index in [9.17, 15) is 19.2 Å². The van der Waals surface area contributed by atoms with Crippen molar-refractivity contribution >= 4 is 52.1 Å². The number of hydrogen-bond donors (Lipinski definition) is 1. The first kappa shape index (κ1) is 29.6. The molecule has 0 saturated carbocycles. The van der Waals surface area contributed by atoms with Crippen molar-refractivity contribution < 1.29 is 38.1 Å². The Hall–Kier alpha value is -4.84. The highest BCUT2D eigenvalue weighted by Gasteiger charge is 2.36. The zero-order valence-electron chi connectivity index (χ0n) is 23.5. The van der Waals surface area contributed by atoms with Crippen LogP contribution in [0.2, 0.25) is 0 Å². The van der Waals surface area contributed by atoms with Crippen molar-refractivity contribution in [3.8, 4) is 11.5 Å². The van der Waals surface area contributed by atoms with E-state index in [0.717, 1.165) is 17.3 Å². The van der Waals surface area contributed by atoms with Crippen LogP contribution in [0.15, 0.2) is 71.7 Å². The van der Waals surface area contributed by atoms with Gasteiger partial charge in [-0.1, -0.05) is 17.8 Å². The highest BCUT2D eigenvalue weighted by atomic mass is 32.2. The molecule has 0 bridgehead atoms. The highest BCUT2D eigenvalue weighted by molar-refractivity contribution is 8.15. The Kier molecular flexibility index (Phi) is 9.26. The summed E-state index contributed by atoms with van der Waals surface area (Å²) >= 11 is 1.16. The lowest BCUT2D eigenvalue weighted by atomic mass is 10.1. The Morgan fingerprint density at radius 3 is 2.19 bits per heavy atom. The monoisotopic (exact) mass is 603 g/mol. The minimum atomic E-state index is -0.761. The van der Waals surface area contributed by atoms with Gasteiger partial charge in [0.15, 0.2) is 16.7 Å². The molecule has 11 nitrogen and oxygen atoms in total. The van der Waals surface area contributed by atoms with Crippen LogP contribution in [0.25, 0.3) is 0 Å². The predicted octanol–water partition coefficient (Wildman–Crippen LogP) is 4.93. The van der Waals surface area contributed by atoms with Crippen LogP contribution in [0.5, 0.6) is 11.5 Å². The quantitative estimate of drug-likeness (QED) is 0.338. The topological polar surface area (TPSA) is 133 Å². The van der Waals surface area contributed by atoms with Crippen LogP contribution in [0.1, 0.15) is 46.5 Å². The first-order valence-corrected chi connectivity index (χ1v) is 14.5. The molecule has 1 atom stereocenters. The molecule has 2 amide bonds. The van der Waals surface area contributed by atoms with Crippen molar-refractivity contribution in [1.29, 1.82) is 0 Å². The van der Waals surface area contributed by atoms with Crippen LogP contribution >= 0.6 is 11.8 Å². The van der Waals surface area contributed by atoms with Crippen LogP contribution in [0, 0.1) is 0 Å².